The molecule has 2 amide bonds. The molecule has 0 saturated carbocycles. The Balaban J connectivity index is 1.61. The number of aryl methyl sites for hydroxylation is 1. The Morgan fingerprint density at radius 3 is 2.76 bits per heavy atom. The molecule has 0 bridgehead atoms. The van der Waals surface area contributed by atoms with E-state index < -0.39 is 35.2 Å². The van der Waals surface area contributed by atoms with Crippen molar-refractivity contribution in [3.8, 4) is 11.5 Å². The van der Waals surface area contributed by atoms with Gasteiger partial charge >= 0.3 is 0 Å². The highest BCUT2D eigenvalue weighted by molar-refractivity contribution is 6.38. The molecule has 12 heteroatoms. The second-order valence-corrected chi connectivity index (χ2v) is 9.54. The lowest BCUT2D eigenvalue weighted by atomic mass is 9.64. The molecule has 0 radical (unpaired) electrons. The Bertz CT molecular complexity index is 1380. The summed E-state index contributed by atoms with van der Waals surface area (Å²) in [5.74, 6) is -1.14. The predicted molar refractivity (Wildman–Crippen MR) is 119 cm³/mol. The van der Waals surface area contributed by atoms with Gasteiger partial charge in [0.05, 0.1) is 36.1 Å². The number of anilines is 1. The third-order valence-corrected chi connectivity index (χ3v) is 7.38. The zero-order chi connectivity index (χ0) is 23.9. The highest BCUT2D eigenvalue weighted by atomic mass is 35.5. The Morgan fingerprint density at radius 1 is 1.26 bits per heavy atom. The van der Waals surface area contributed by atoms with Crippen molar-refractivity contribution in [3.05, 3.63) is 23.1 Å². The molecule has 3 aliphatic rings. The molecule has 3 aromatic heterocycles. The molecule has 6 rings (SSSR count). The van der Waals surface area contributed by atoms with Crippen LogP contribution in [0.3, 0.4) is 0 Å². The first-order valence-electron chi connectivity index (χ1n) is 11.0. The second-order valence-electron chi connectivity index (χ2n) is 9.17. The Morgan fingerprint density at radius 2 is 2.06 bits per heavy atom. The molecule has 1 unspecified atom stereocenters. The highest BCUT2D eigenvalue weighted by Gasteiger charge is 2.63. The molecule has 0 aliphatic carbocycles. The zero-order valence-electron chi connectivity index (χ0n) is 18.7. The van der Waals surface area contributed by atoms with E-state index in [1.165, 1.54) is 0 Å². The third-order valence-electron chi connectivity index (χ3n) is 7.02. The van der Waals surface area contributed by atoms with Crippen LogP contribution in [0, 0.1) is 5.41 Å². The van der Waals surface area contributed by atoms with E-state index in [1.807, 2.05) is 25.8 Å². The Kier molecular flexibility index (Phi) is 4.43. The first-order valence-corrected chi connectivity index (χ1v) is 11.3. The second kappa shape index (κ2) is 7.09. The van der Waals surface area contributed by atoms with Crippen LogP contribution in [0.15, 0.2) is 16.9 Å². The van der Waals surface area contributed by atoms with Gasteiger partial charge in [0.25, 0.3) is 0 Å². The standard InChI is InChI=1S/C22H21ClN6O5/c1-9-8-29-17-11(7-22(19(29)10(2)33-9)12(30)6-13(31)26-21(22)32)25-15-16(20-24-4-5-28(20)3)27-34-18(15)14(17)23/h4-5,9-10,19H,6-8H2,1-3H3,(H,26,31,32)/t9-,10+,19-,22?/m1/s1. The van der Waals surface area contributed by atoms with Gasteiger partial charge in [0.1, 0.15) is 16.0 Å². The number of ketones is 1. The summed E-state index contributed by atoms with van der Waals surface area (Å²) in [5, 5.41) is 6.84. The number of piperidine rings is 1. The maximum absolute atomic E-state index is 13.4. The average Bonchev–Trinajstić information content (AvgIpc) is 3.37. The highest BCUT2D eigenvalue weighted by Crippen LogP contribution is 2.51. The Labute approximate surface area is 198 Å². The molecule has 11 nitrogen and oxygen atoms in total. The number of hydrogen-bond donors (Lipinski definition) is 1. The van der Waals surface area contributed by atoms with Crippen LogP contribution in [-0.2, 0) is 32.6 Å². The van der Waals surface area contributed by atoms with E-state index in [4.69, 9.17) is 25.8 Å². The SMILES string of the molecule is C[C@@H]1CN2c3c(nc4c(-c5nccn5C)noc4c3Cl)CC3(C(=O)CC(=O)NC3=O)[C@H]2[C@H](C)O1. The molecular formula is C22H21ClN6O5. The smallest absolute Gasteiger partial charge is 0.242 e. The number of aromatic nitrogens is 4. The number of ether oxygens (including phenoxy) is 1. The van der Waals surface area contributed by atoms with Crippen LogP contribution in [-0.4, -0.2) is 62.1 Å². The number of imidazole rings is 1. The van der Waals surface area contributed by atoms with Crippen LogP contribution in [0.25, 0.3) is 22.6 Å². The summed E-state index contributed by atoms with van der Waals surface area (Å²) >= 11 is 6.89. The number of nitrogens with zero attached hydrogens (tertiary/aromatic N) is 5. The molecule has 176 valence electrons. The lowest BCUT2D eigenvalue weighted by molar-refractivity contribution is -0.158. The van der Waals surface area contributed by atoms with Gasteiger partial charge in [-0.05, 0) is 13.8 Å². The normalized spacial score (nSPS) is 28.9. The van der Waals surface area contributed by atoms with Crippen LogP contribution in [0.2, 0.25) is 5.02 Å². The number of carbonyl (C=O) groups is 3. The molecule has 0 aromatic carbocycles. The van der Waals surface area contributed by atoms with E-state index in [0.29, 0.717) is 45.6 Å². The number of imide groups is 1. The van der Waals surface area contributed by atoms with Crippen molar-refractivity contribution in [2.75, 3.05) is 11.4 Å². The fourth-order valence-corrected chi connectivity index (χ4v) is 6.04. The summed E-state index contributed by atoms with van der Waals surface area (Å²) < 4.78 is 13.4. The van der Waals surface area contributed by atoms with Gasteiger partial charge in [-0.1, -0.05) is 16.8 Å². The minimum Gasteiger partial charge on any atom is -0.372 e. The van der Waals surface area contributed by atoms with Crippen molar-refractivity contribution in [3.63, 3.8) is 0 Å². The number of halogens is 1. The van der Waals surface area contributed by atoms with E-state index in [1.54, 1.807) is 17.0 Å². The molecule has 1 spiro atoms. The monoisotopic (exact) mass is 484 g/mol. The zero-order valence-corrected chi connectivity index (χ0v) is 19.4. The number of morpholine rings is 1. The van der Waals surface area contributed by atoms with E-state index in [0.717, 1.165) is 0 Å². The quantitative estimate of drug-likeness (QED) is 0.402. The summed E-state index contributed by atoms with van der Waals surface area (Å²) in [5.41, 5.74) is 0.612. The van der Waals surface area contributed by atoms with Crippen LogP contribution >= 0.6 is 11.6 Å². The maximum Gasteiger partial charge on any atom is 0.242 e. The number of Topliss-reactive ketones (excluding diaryl/α,β-unsaturated/α-hetero) is 1. The van der Waals surface area contributed by atoms with Gasteiger partial charge in [-0.3, -0.25) is 19.7 Å². The first-order chi connectivity index (χ1) is 16.2. The molecule has 1 N–H and O–H groups in total. The molecular weight excluding hydrogens is 464 g/mol. The van der Waals surface area contributed by atoms with Crippen molar-refractivity contribution in [2.45, 2.75) is 44.9 Å². The lowest BCUT2D eigenvalue weighted by Gasteiger charge is -2.55. The Hall–Kier alpha value is -3.31. The third kappa shape index (κ3) is 2.67. The lowest BCUT2D eigenvalue weighted by Crippen LogP contribution is -2.72. The molecule has 2 fully saturated rings. The topological polar surface area (TPSA) is 132 Å². The van der Waals surface area contributed by atoms with Gasteiger partial charge in [0.2, 0.25) is 17.4 Å². The number of amides is 2. The molecule has 4 atom stereocenters. The number of rotatable bonds is 1. The van der Waals surface area contributed by atoms with Gasteiger partial charge in [-0.25, -0.2) is 9.97 Å². The van der Waals surface area contributed by atoms with E-state index in [9.17, 15) is 14.4 Å². The van der Waals surface area contributed by atoms with E-state index in [-0.39, 0.29) is 18.9 Å². The molecule has 3 aliphatic heterocycles. The van der Waals surface area contributed by atoms with Crippen molar-refractivity contribution in [2.24, 2.45) is 12.5 Å². The number of hydrogen-bond acceptors (Lipinski definition) is 9. The van der Waals surface area contributed by atoms with Gasteiger partial charge in [0, 0.05) is 32.4 Å². The van der Waals surface area contributed by atoms with Gasteiger partial charge in [-0.15, -0.1) is 0 Å². The fourth-order valence-electron chi connectivity index (χ4n) is 5.70. The summed E-state index contributed by atoms with van der Waals surface area (Å²) in [4.78, 5) is 49.8. The molecule has 3 aromatic rings. The van der Waals surface area contributed by atoms with Crippen molar-refractivity contribution < 1.29 is 23.6 Å². The minimum absolute atomic E-state index is 0.0234. The average molecular weight is 485 g/mol. The van der Waals surface area contributed by atoms with Crippen LogP contribution in [0.5, 0.6) is 0 Å². The van der Waals surface area contributed by atoms with Gasteiger partial charge in [0.15, 0.2) is 17.3 Å². The maximum atomic E-state index is 13.4. The summed E-state index contributed by atoms with van der Waals surface area (Å²) in [6.45, 7) is 4.11. The van der Waals surface area contributed by atoms with Crippen molar-refractivity contribution >= 4 is 46.0 Å². The van der Waals surface area contributed by atoms with E-state index >= 15 is 0 Å². The van der Waals surface area contributed by atoms with Crippen LogP contribution in [0.4, 0.5) is 5.69 Å². The summed E-state index contributed by atoms with van der Waals surface area (Å²) in [6.07, 6.45) is 2.33. The fraction of sp³-hybridized carbons (Fsp3) is 0.455. The molecule has 2 saturated heterocycles. The number of fused-ring (bicyclic) bond motifs is 5. The number of carbonyl (C=O) groups excluding carboxylic acids is 3. The first kappa shape index (κ1) is 21.2. The minimum atomic E-state index is -1.54. The largest absolute Gasteiger partial charge is 0.372 e. The molecule has 6 heterocycles. The van der Waals surface area contributed by atoms with Crippen molar-refractivity contribution in [1.29, 1.82) is 0 Å². The molecule has 34 heavy (non-hydrogen) atoms. The summed E-state index contributed by atoms with van der Waals surface area (Å²) in [6, 6.07) is -0.662. The van der Waals surface area contributed by atoms with Crippen molar-refractivity contribution in [1.82, 2.24) is 25.0 Å². The van der Waals surface area contributed by atoms with Gasteiger partial charge in [-0.2, -0.15) is 0 Å². The van der Waals surface area contributed by atoms with E-state index in [2.05, 4.69) is 15.5 Å². The van der Waals surface area contributed by atoms with Gasteiger partial charge < -0.3 is 18.7 Å². The van der Waals surface area contributed by atoms with Crippen LogP contribution in [0.1, 0.15) is 26.0 Å². The number of pyridine rings is 1. The summed E-state index contributed by atoms with van der Waals surface area (Å²) in [7, 11) is 1.82. The number of nitrogens with one attached hydrogen (secondary N) is 1. The van der Waals surface area contributed by atoms with Crippen LogP contribution < -0.4 is 10.2 Å². The predicted octanol–water partition coefficient (Wildman–Crippen LogP) is 1.42.